The summed E-state index contributed by atoms with van der Waals surface area (Å²) >= 11 is 0. The van der Waals surface area contributed by atoms with Crippen molar-refractivity contribution < 1.29 is 9.18 Å². The topological polar surface area (TPSA) is 116 Å². The Hall–Kier alpha value is -4.02. The highest BCUT2D eigenvalue weighted by atomic mass is 19.1. The molecule has 32 heavy (non-hydrogen) atoms. The van der Waals surface area contributed by atoms with Crippen molar-refractivity contribution in [2.45, 2.75) is 38.8 Å². The molecule has 1 aliphatic carbocycles. The van der Waals surface area contributed by atoms with Crippen LogP contribution in [0.1, 0.15) is 49.3 Å². The summed E-state index contributed by atoms with van der Waals surface area (Å²) in [6.07, 6.45) is 6.58. The van der Waals surface area contributed by atoms with Gasteiger partial charge in [-0.05, 0) is 55.3 Å². The predicted octanol–water partition coefficient (Wildman–Crippen LogP) is 3.30. The number of aromatic nitrogens is 8. The van der Waals surface area contributed by atoms with Gasteiger partial charge >= 0.3 is 0 Å². The van der Waals surface area contributed by atoms with Gasteiger partial charge in [0.1, 0.15) is 23.0 Å². The normalized spacial score (nSPS) is 13.5. The van der Waals surface area contributed by atoms with Gasteiger partial charge in [0.05, 0.1) is 24.5 Å². The second-order valence-electron chi connectivity index (χ2n) is 7.89. The summed E-state index contributed by atoms with van der Waals surface area (Å²) in [5, 5.41) is 18.7. The molecule has 1 N–H and O–H groups in total. The first-order valence-electron chi connectivity index (χ1n) is 10.3. The highest BCUT2D eigenvalue weighted by Gasteiger charge is 2.25. The summed E-state index contributed by atoms with van der Waals surface area (Å²) < 4.78 is 17.9. The SMILES string of the molecule is CC(C)n1nnnc1-c1cccc(NC(=O)c2cc(-c3cnn(C4CC4)c3)c(F)cn2)n1. The van der Waals surface area contributed by atoms with E-state index in [2.05, 4.69) is 35.9 Å². The monoisotopic (exact) mass is 433 g/mol. The van der Waals surface area contributed by atoms with Gasteiger partial charge in [0.2, 0.25) is 5.82 Å². The van der Waals surface area contributed by atoms with Crippen LogP contribution < -0.4 is 5.32 Å². The molecular formula is C21H20FN9O. The molecule has 1 aliphatic rings. The molecule has 0 atom stereocenters. The Morgan fingerprint density at radius 1 is 1.25 bits per heavy atom. The van der Waals surface area contributed by atoms with Crippen LogP contribution >= 0.6 is 0 Å². The number of amides is 1. The molecule has 4 aromatic heterocycles. The standard InChI is InChI=1S/C21H20FN9O/c1-12(2)31-20(27-28-29-31)17-4-3-5-19(25-17)26-21(32)18-8-15(16(22)10-23-18)13-9-24-30(11-13)14-6-7-14/h3-5,8-12,14H,6-7H2,1-2H3,(H,25,26,32). The van der Waals surface area contributed by atoms with Crippen molar-refractivity contribution in [2.24, 2.45) is 0 Å². The number of carbonyl (C=O) groups is 1. The fraction of sp³-hybridized carbons (Fsp3) is 0.286. The van der Waals surface area contributed by atoms with Gasteiger partial charge in [0.15, 0.2) is 0 Å². The van der Waals surface area contributed by atoms with Gasteiger partial charge in [-0.25, -0.2) is 19.0 Å². The number of anilines is 1. The van der Waals surface area contributed by atoms with E-state index in [1.807, 2.05) is 18.5 Å². The molecule has 11 heteroatoms. The van der Waals surface area contributed by atoms with Crippen molar-refractivity contribution in [1.29, 1.82) is 0 Å². The molecule has 0 aromatic carbocycles. The summed E-state index contributed by atoms with van der Waals surface area (Å²) in [4.78, 5) is 21.2. The second-order valence-corrected chi connectivity index (χ2v) is 7.89. The molecule has 0 spiro atoms. The van der Waals surface area contributed by atoms with E-state index < -0.39 is 11.7 Å². The molecule has 10 nitrogen and oxygen atoms in total. The highest BCUT2D eigenvalue weighted by molar-refractivity contribution is 6.03. The Kier molecular flexibility index (Phi) is 4.92. The van der Waals surface area contributed by atoms with E-state index in [9.17, 15) is 9.18 Å². The molecule has 1 saturated carbocycles. The molecule has 0 aliphatic heterocycles. The smallest absolute Gasteiger partial charge is 0.275 e. The van der Waals surface area contributed by atoms with Crippen LogP contribution in [-0.2, 0) is 0 Å². The summed E-state index contributed by atoms with van der Waals surface area (Å²) in [6, 6.07) is 6.99. The lowest BCUT2D eigenvalue weighted by Gasteiger charge is -2.09. The molecule has 0 bridgehead atoms. The largest absolute Gasteiger partial charge is 0.305 e. The Balaban J connectivity index is 1.39. The van der Waals surface area contributed by atoms with Crippen LogP contribution in [0.15, 0.2) is 42.9 Å². The molecule has 0 unspecified atom stereocenters. The molecular weight excluding hydrogens is 413 g/mol. The first-order chi connectivity index (χ1) is 15.5. The Morgan fingerprint density at radius 3 is 2.88 bits per heavy atom. The molecule has 5 rings (SSSR count). The lowest BCUT2D eigenvalue weighted by molar-refractivity contribution is 0.102. The number of hydrogen-bond donors (Lipinski definition) is 1. The van der Waals surface area contributed by atoms with Gasteiger partial charge < -0.3 is 5.32 Å². The van der Waals surface area contributed by atoms with E-state index in [0.29, 0.717) is 28.9 Å². The Morgan fingerprint density at radius 2 is 2.09 bits per heavy atom. The Labute approximate surface area is 182 Å². The maximum Gasteiger partial charge on any atom is 0.275 e. The fourth-order valence-electron chi connectivity index (χ4n) is 3.32. The molecule has 4 aromatic rings. The van der Waals surface area contributed by atoms with Crippen molar-refractivity contribution in [3.63, 3.8) is 0 Å². The zero-order valence-electron chi connectivity index (χ0n) is 17.5. The predicted molar refractivity (Wildman–Crippen MR) is 113 cm³/mol. The summed E-state index contributed by atoms with van der Waals surface area (Å²) in [6.45, 7) is 3.91. The summed E-state index contributed by atoms with van der Waals surface area (Å²) in [5.41, 5.74) is 1.46. The zero-order chi connectivity index (χ0) is 22.2. The minimum absolute atomic E-state index is 0.0474. The second kappa shape index (κ2) is 7.91. The molecule has 0 saturated heterocycles. The van der Waals surface area contributed by atoms with Crippen LogP contribution in [0.25, 0.3) is 22.6 Å². The van der Waals surface area contributed by atoms with Crippen molar-refractivity contribution in [1.82, 2.24) is 40.0 Å². The van der Waals surface area contributed by atoms with Crippen LogP contribution in [0, 0.1) is 5.82 Å². The number of nitrogens with zero attached hydrogens (tertiary/aromatic N) is 8. The highest BCUT2D eigenvalue weighted by Crippen LogP contribution is 2.35. The average molecular weight is 433 g/mol. The molecule has 4 heterocycles. The number of rotatable bonds is 6. The van der Waals surface area contributed by atoms with Gasteiger partial charge in [-0.2, -0.15) is 5.10 Å². The first kappa shape index (κ1) is 19.9. The molecule has 0 radical (unpaired) electrons. The summed E-state index contributed by atoms with van der Waals surface area (Å²) in [5.74, 6) is -0.225. The lowest BCUT2D eigenvalue weighted by atomic mass is 10.1. The maximum absolute atomic E-state index is 14.4. The van der Waals surface area contributed by atoms with E-state index in [0.717, 1.165) is 19.0 Å². The van der Waals surface area contributed by atoms with Crippen LogP contribution in [0.4, 0.5) is 10.2 Å². The third-order valence-corrected chi connectivity index (χ3v) is 5.12. The number of tetrazole rings is 1. The fourth-order valence-corrected chi connectivity index (χ4v) is 3.32. The molecule has 1 amide bonds. The van der Waals surface area contributed by atoms with Crippen molar-refractivity contribution >= 4 is 11.7 Å². The first-order valence-corrected chi connectivity index (χ1v) is 10.3. The summed E-state index contributed by atoms with van der Waals surface area (Å²) in [7, 11) is 0. The minimum atomic E-state index is -0.516. The number of hydrogen-bond acceptors (Lipinski definition) is 7. The van der Waals surface area contributed by atoms with Crippen molar-refractivity contribution in [3.8, 4) is 22.6 Å². The quantitative estimate of drug-likeness (QED) is 0.496. The van der Waals surface area contributed by atoms with E-state index in [1.165, 1.54) is 6.07 Å². The number of nitrogens with one attached hydrogen (secondary N) is 1. The van der Waals surface area contributed by atoms with Gasteiger partial charge in [0, 0.05) is 17.3 Å². The van der Waals surface area contributed by atoms with Crippen LogP contribution in [0.5, 0.6) is 0 Å². The van der Waals surface area contributed by atoms with Crippen molar-refractivity contribution in [3.05, 3.63) is 54.4 Å². The van der Waals surface area contributed by atoms with Gasteiger partial charge in [-0.1, -0.05) is 6.07 Å². The Bertz CT molecular complexity index is 1290. The third-order valence-electron chi connectivity index (χ3n) is 5.12. The number of pyridine rings is 2. The molecule has 162 valence electrons. The minimum Gasteiger partial charge on any atom is -0.305 e. The number of halogens is 1. The maximum atomic E-state index is 14.4. The average Bonchev–Trinajstić information content (AvgIpc) is 3.31. The third kappa shape index (κ3) is 3.84. The van der Waals surface area contributed by atoms with Crippen LogP contribution in [0.3, 0.4) is 0 Å². The van der Waals surface area contributed by atoms with E-state index in [-0.39, 0.29) is 17.3 Å². The van der Waals surface area contributed by atoms with Gasteiger partial charge in [-0.15, -0.1) is 5.10 Å². The van der Waals surface area contributed by atoms with Crippen LogP contribution in [0.2, 0.25) is 0 Å². The van der Waals surface area contributed by atoms with Gasteiger partial charge in [-0.3, -0.25) is 9.48 Å². The van der Waals surface area contributed by atoms with E-state index in [4.69, 9.17) is 0 Å². The van der Waals surface area contributed by atoms with Crippen molar-refractivity contribution in [2.75, 3.05) is 5.32 Å². The number of carbonyl (C=O) groups excluding carboxylic acids is 1. The van der Waals surface area contributed by atoms with E-state index >= 15 is 0 Å². The molecule has 1 fully saturated rings. The van der Waals surface area contributed by atoms with Gasteiger partial charge in [0.25, 0.3) is 5.91 Å². The zero-order valence-corrected chi connectivity index (χ0v) is 17.5. The van der Waals surface area contributed by atoms with E-state index in [1.54, 1.807) is 35.3 Å². The van der Waals surface area contributed by atoms with Crippen LogP contribution in [-0.4, -0.2) is 45.9 Å². The lowest BCUT2D eigenvalue weighted by Crippen LogP contribution is -2.15.